The average Bonchev–Trinajstić information content (AvgIpc) is 2.57. The molecule has 5 heteroatoms. The lowest BCUT2D eigenvalue weighted by Gasteiger charge is -2.09. The highest BCUT2D eigenvalue weighted by Crippen LogP contribution is 2.31. The number of rotatable bonds is 3. The maximum atomic E-state index is 6.01. The first-order valence-corrected chi connectivity index (χ1v) is 5.61. The van der Waals surface area contributed by atoms with Gasteiger partial charge in [0.15, 0.2) is 5.75 Å². The lowest BCUT2D eigenvalue weighted by Crippen LogP contribution is -1.99. The van der Waals surface area contributed by atoms with Crippen molar-refractivity contribution in [1.82, 2.24) is 9.78 Å². The number of anilines is 1. The number of para-hydroxylation sites is 1. The first-order valence-electron chi connectivity index (χ1n) is 5.24. The summed E-state index contributed by atoms with van der Waals surface area (Å²) in [6.45, 7) is 2.35. The van der Waals surface area contributed by atoms with Gasteiger partial charge in [-0.1, -0.05) is 17.7 Å². The molecular weight excluding hydrogens is 238 g/mol. The minimum atomic E-state index is 0.410. The van der Waals surface area contributed by atoms with Crippen LogP contribution in [0.5, 0.6) is 5.75 Å². The zero-order valence-electron chi connectivity index (χ0n) is 9.77. The highest BCUT2D eigenvalue weighted by atomic mass is 35.5. The second-order valence-electron chi connectivity index (χ2n) is 3.86. The van der Waals surface area contributed by atoms with E-state index in [2.05, 4.69) is 5.10 Å². The van der Waals surface area contributed by atoms with Gasteiger partial charge >= 0.3 is 0 Å². The Labute approximate surface area is 105 Å². The zero-order chi connectivity index (χ0) is 12.4. The molecule has 0 radical (unpaired) electrons. The Morgan fingerprint density at radius 1 is 1.47 bits per heavy atom. The molecule has 0 aliphatic heterocycles. The number of hydrogen-bond acceptors (Lipinski definition) is 3. The van der Waals surface area contributed by atoms with E-state index in [1.54, 1.807) is 22.9 Å². The second-order valence-corrected chi connectivity index (χ2v) is 4.27. The third kappa shape index (κ3) is 2.53. The largest absolute Gasteiger partial charge is 0.485 e. The van der Waals surface area contributed by atoms with E-state index in [1.807, 2.05) is 20.2 Å². The molecule has 1 aromatic carbocycles. The summed E-state index contributed by atoms with van der Waals surface area (Å²) in [5.74, 6) is 0.525. The van der Waals surface area contributed by atoms with E-state index in [0.717, 1.165) is 11.3 Å². The molecule has 0 spiro atoms. The van der Waals surface area contributed by atoms with Crippen molar-refractivity contribution < 1.29 is 4.74 Å². The first-order chi connectivity index (χ1) is 8.08. The van der Waals surface area contributed by atoms with Crippen LogP contribution < -0.4 is 10.5 Å². The number of nitrogen functional groups attached to an aromatic ring is 1. The monoisotopic (exact) mass is 251 g/mol. The molecule has 0 aliphatic rings. The summed E-state index contributed by atoms with van der Waals surface area (Å²) in [6.07, 6.45) is 1.92. The standard InChI is InChI=1S/C12H14ClN3O/c1-8-9(6-16(2)15-8)7-17-12-10(13)4-3-5-11(12)14/h3-6H,7,14H2,1-2H3. The van der Waals surface area contributed by atoms with Crippen LogP contribution in [-0.2, 0) is 13.7 Å². The number of halogens is 1. The maximum Gasteiger partial charge on any atom is 0.161 e. The molecule has 0 saturated carbocycles. The second kappa shape index (κ2) is 4.67. The van der Waals surface area contributed by atoms with Gasteiger partial charge in [0.25, 0.3) is 0 Å². The number of aryl methyl sites for hydroxylation is 2. The average molecular weight is 252 g/mol. The molecule has 1 heterocycles. The van der Waals surface area contributed by atoms with Gasteiger partial charge in [-0.2, -0.15) is 5.10 Å². The van der Waals surface area contributed by atoms with Gasteiger partial charge in [-0.05, 0) is 19.1 Å². The van der Waals surface area contributed by atoms with Crippen LogP contribution in [0, 0.1) is 6.92 Å². The summed E-state index contributed by atoms with van der Waals surface area (Å²) in [5, 5.41) is 4.76. The summed E-state index contributed by atoms with van der Waals surface area (Å²) in [4.78, 5) is 0. The molecule has 0 fully saturated rings. The van der Waals surface area contributed by atoms with Crippen LogP contribution in [0.1, 0.15) is 11.3 Å². The third-order valence-electron chi connectivity index (χ3n) is 2.48. The molecule has 2 rings (SSSR count). The molecule has 0 atom stereocenters. The molecule has 90 valence electrons. The van der Waals surface area contributed by atoms with Crippen LogP contribution in [-0.4, -0.2) is 9.78 Å². The predicted molar refractivity (Wildman–Crippen MR) is 68.1 cm³/mol. The normalized spacial score (nSPS) is 10.5. The maximum absolute atomic E-state index is 6.01. The van der Waals surface area contributed by atoms with Gasteiger partial charge in [-0.25, -0.2) is 0 Å². The van der Waals surface area contributed by atoms with E-state index >= 15 is 0 Å². The predicted octanol–water partition coefficient (Wildman–Crippen LogP) is 2.54. The Kier molecular flexibility index (Phi) is 3.24. The lowest BCUT2D eigenvalue weighted by atomic mass is 10.2. The molecule has 1 aromatic heterocycles. The van der Waals surface area contributed by atoms with Gasteiger partial charge < -0.3 is 10.5 Å². The lowest BCUT2D eigenvalue weighted by molar-refractivity contribution is 0.307. The van der Waals surface area contributed by atoms with Crippen molar-refractivity contribution >= 4 is 17.3 Å². The SMILES string of the molecule is Cc1nn(C)cc1COc1c(N)cccc1Cl. The van der Waals surface area contributed by atoms with E-state index < -0.39 is 0 Å². The van der Waals surface area contributed by atoms with Crippen molar-refractivity contribution in [3.8, 4) is 5.75 Å². The van der Waals surface area contributed by atoms with E-state index in [4.69, 9.17) is 22.1 Å². The molecule has 2 N–H and O–H groups in total. The van der Waals surface area contributed by atoms with Gasteiger partial charge in [-0.3, -0.25) is 4.68 Å². The summed E-state index contributed by atoms with van der Waals surface area (Å²) in [5.41, 5.74) is 8.30. The van der Waals surface area contributed by atoms with Gasteiger partial charge in [0, 0.05) is 18.8 Å². The topological polar surface area (TPSA) is 53.1 Å². The van der Waals surface area contributed by atoms with Gasteiger partial charge in [0.1, 0.15) is 6.61 Å². The quantitative estimate of drug-likeness (QED) is 0.853. The zero-order valence-corrected chi connectivity index (χ0v) is 10.5. The Morgan fingerprint density at radius 2 is 2.24 bits per heavy atom. The number of ether oxygens (including phenoxy) is 1. The van der Waals surface area contributed by atoms with E-state index in [-0.39, 0.29) is 0 Å². The molecule has 0 unspecified atom stereocenters. The summed E-state index contributed by atoms with van der Waals surface area (Å²) < 4.78 is 7.39. The minimum absolute atomic E-state index is 0.410. The number of benzene rings is 1. The van der Waals surface area contributed by atoms with Gasteiger partial charge in [0.2, 0.25) is 0 Å². The van der Waals surface area contributed by atoms with Crippen LogP contribution in [0.2, 0.25) is 5.02 Å². The molecule has 0 saturated heterocycles. The van der Waals surface area contributed by atoms with Crippen molar-refractivity contribution in [2.75, 3.05) is 5.73 Å². The summed E-state index contributed by atoms with van der Waals surface area (Å²) in [6, 6.07) is 5.31. The van der Waals surface area contributed by atoms with E-state index in [9.17, 15) is 0 Å². The van der Waals surface area contributed by atoms with Gasteiger partial charge in [0.05, 0.1) is 16.4 Å². The molecule has 0 aliphatic carbocycles. The number of nitrogens with zero attached hydrogens (tertiary/aromatic N) is 2. The number of aromatic nitrogens is 2. The highest BCUT2D eigenvalue weighted by molar-refractivity contribution is 6.32. The summed E-state index contributed by atoms with van der Waals surface area (Å²) >= 11 is 6.01. The Hall–Kier alpha value is -1.68. The van der Waals surface area contributed by atoms with Gasteiger partial charge in [-0.15, -0.1) is 0 Å². The van der Waals surface area contributed by atoms with Crippen LogP contribution in [0.15, 0.2) is 24.4 Å². The smallest absolute Gasteiger partial charge is 0.161 e. The number of nitrogens with two attached hydrogens (primary N) is 1. The fraction of sp³-hybridized carbons (Fsp3) is 0.250. The molecule has 17 heavy (non-hydrogen) atoms. The minimum Gasteiger partial charge on any atom is -0.485 e. The van der Waals surface area contributed by atoms with Crippen molar-refractivity contribution in [3.05, 3.63) is 40.7 Å². The Morgan fingerprint density at radius 3 is 2.82 bits per heavy atom. The van der Waals surface area contributed by atoms with Crippen molar-refractivity contribution in [3.63, 3.8) is 0 Å². The number of hydrogen-bond donors (Lipinski definition) is 1. The van der Waals surface area contributed by atoms with E-state index in [1.165, 1.54) is 0 Å². The van der Waals surface area contributed by atoms with Crippen LogP contribution in [0.25, 0.3) is 0 Å². The Bertz CT molecular complexity index is 516. The molecule has 4 nitrogen and oxygen atoms in total. The van der Waals surface area contributed by atoms with Crippen LogP contribution in [0.3, 0.4) is 0 Å². The molecule has 0 amide bonds. The molecule has 0 bridgehead atoms. The highest BCUT2D eigenvalue weighted by Gasteiger charge is 2.08. The van der Waals surface area contributed by atoms with E-state index in [0.29, 0.717) is 23.1 Å². The van der Waals surface area contributed by atoms with Crippen molar-refractivity contribution in [2.45, 2.75) is 13.5 Å². The summed E-state index contributed by atoms with van der Waals surface area (Å²) in [7, 11) is 1.88. The third-order valence-corrected chi connectivity index (χ3v) is 2.78. The molecular formula is C12H14ClN3O. The first kappa shape index (κ1) is 11.8. The van der Waals surface area contributed by atoms with Crippen molar-refractivity contribution in [1.29, 1.82) is 0 Å². The fourth-order valence-corrected chi connectivity index (χ4v) is 1.85. The fourth-order valence-electron chi connectivity index (χ4n) is 1.62. The van der Waals surface area contributed by atoms with Crippen LogP contribution in [0.4, 0.5) is 5.69 Å². The van der Waals surface area contributed by atoms with Crippen LogP contribution >= 0.6 is 11.6 Å². The molecule has 2 aromatic rings. The Balaban J connectivity index is 2.15. The van der Waals surface area contributed by atoms with Crippen molar-refractivity contribution in [2.24, 2.45) is 7.05 Å².